The molecular weight excluding hydrogens is 130 g/mol. The fraction of sp³-hybridized carbons (Fsp3) is 0.857. The maximum Gasteiger partial charge on any atom is 0.450 e. The Labute approximate surface area is 61.4 Å². The minimum Gasteiger partial charge on any atom is -0.318 e. The molecule has 0 aliphatic rings. The second-order valence-electron chi connectivity index (χ2n) is 2.75. The van der Waals surface area contributed by atoms with Crippen molar-refractivity contribution in [3.8, 4) is 0 Å². The summed E-state index contributed by atoms with van der Waals surface area (Å²) in [4.78, 5) is 9.82. The molecule has 0 rings (SSSR count). The topological polar surface area (TPSA) is 49.0 Å². The summed E-state index contributed by atoms with van der Waals surface area (Å²) in [6.45, 7) is 4.73. The zero-order chi connectivity index (χ0) is 7.98. The molecule has 0 aromatic heterocycles. The SMILES string of the molecule is CC(C)CCCNC([O])=O. The Bertz CT molecular complexity index is 102. The number of carbonyl (C=O) groups is 1. The van der Waals surface area contributed by atoms with E-state index in [0.717, 1.165) is 12.8 Å². The standard InChI is InChI=1S/C7H14NO2/c1-6(2)4-3-5-8-7(9)10/h6,8H,3-5H2,1-2H3. The Hall–Kier alpha value is -0.730. The monoisotopic (exact) mass is 144 g/mol. The molecule has 1 N–H and O–H groups in total. The molecule has 0 atom stereocenters. The van der Waals surface area contributed by atoms with Gasteiger partial charge in [-0.25, -0.2) is 9.90 Å². The van der Waals surface area contributed by atoms with Crippen LogP contribution in [0.25, 0.3) is 0 Å². The molecular formula is C7H14NO2. The van der Waals surface area contributed by atoms with E-state index < -0.39 is 6.09 Å². The minimum atomic E-state index is -1.18. The summed E-state index contributed by atoms with van der Waals surface area (Å²) in [6, 6.07) is 0. The summed E-state index contributed by atoms with van der Waals surface area (Å²) in [5.41, 5.74) is 0. The third-order valence-corrected chi connectivity index (χ3v) is 1.23. The van der Waals surface area contributed by atoms with Crippen LogP contribution in [-0.2, 0) is 5.11 Å². The van der Waals surface area contributed by atoms with Crippen LogP contribution in [-0.4, -0.2) is 12.6 Å². The summed E-state index contributed by atoms with van der Waals surface area (Å²) in [5.74, 6) is 0.642. The van der Waals surface area contributed by atoms with Crippen LogP contribution in [0.5, 0.6) is 0 Å². The molecule has 0 aromatic carbocycles. The van der Waals surface area contributed by atoms with E-state index in [0.29, 0.717) is 12.5 Å². The van der Waals surface area contributed by atoms with Crippen molar-refractivity contribution >= 4 is 6.09 Å². The second kappa shape index (κ2) is 5.09. The van der Waals surface area contributed by atoms with Gasteiger partial charge in [-0.3, -0.25) is 0 Å². The van der Waals surface area contributed by atoms with Gasteiger partial charge in [0.2, 0.25) is 0 Å². The number of nitrogens with one attached hydrogen (secondary N) is 1. The van der Waals surface area contributed by atoms with Crippen molar-refractivity contribution in [2.45, 2.75) is 26.7 Å². The highest BCUT2D eigenvalue weighted by atomic mass is 16.4. The molecule has 0 saturated heterocycles. The minimum absolute atomic E-state index is 0.514. The molecule has 0 unspecified atom stereocenters. The van der Waals surface area contributed by atoms with Crippen LogP contribution in [0.15, 0.2) is 0 Å². The lowest BCUT2D eigenvalue weighted by molar-refractivity contribution is 0.168. The molecule has 0 spiro atoms. The lowest BCUT2D eigenvalue weighted by Crippen LogP contribution is -2.20. The first kappa shape index (κ1) is 9.27. The number of amides is 1. The maximum atomic E-state index is 9.82. The van der Waals surface area contributed by atoms with Gasteiger partial charge >= 0.3 is 6.09 Å². The average molecular weight is 144 g/mol. The lowest BCUT2D eigenvalue weighted by Gasteiger charge is -2.02. The Morgan fingerprint density at radius 1 is 1.50 bits per heavy atom. The molecule has 0 saturated carbocycles. The van der Waals surface area contributed by atoms with E-state index in [1.807, 2.05) is 0 Å². The maximum absolute atomic E-state index is 9.82. The average Bonchev–Trinajstić information content (AvgIpc) is 1.79. The predicted molar refractivity (Wildman–Crippen MR) is 38.2 cm³/mol. The molecule has 10 heavy (non-hydrogen) atoms. The van der Waals surface area contributed by atoms with Gasteiger partial charge in [-0.1, -0.05) is 13.8 Å². The number of rotatable bonds is 4. The molecule has 3 heteroatoms. The predicted octanol–water partition coefficient (Wildman–Crippen LogP) is 1.56. The van der Waals surface area contributed by atoms with Gasteiger partial charge in [0.25, 0.3) is 0 Å². The van der Waals surface area contributed by atoms with E-state index in [2.05, 4.69) is 19.2 Å². The molecule has 0 bridgehead atoms. The summed E-state index contributed by atoms with van der Waals surface area (Å²) in [6.07, 6.45) is 0.773. The molecule has 0 aromatic rings. The van der Waals surface area contributed by atoms with Crippen molar-refractivity contribution in [2.75, 3.05) is 6.54 Å². The third kappa shape index (κ3) is 7.27. The van der Waals surface area contributed by atoms with Gasteiger partial charge in [-0.05, 0) is 18.8 Å². The fourth-order valence-electron chi connectivity index (χ4n) is 0.701. The highest BCUT2D eigenvalue weighted by Gasteiger charge is 1.96. The van der Waals surface area contributed by atoms with Crippen molar-refractivity contribution in [1.29, 1.82) is 0 Å². The fourth-order valence-corrected chi connectivity index (χ4v) is 0.701. The van der Waals surface area contributed by atoms with Crippen LogP contribution in [0.3, 0.4) is 0 Å². The normalized spacial score (nSPS) is 9.90. The van der Waals surface area contributed by atoms with Gasteiger partial charge < -0.3 is 5.32 Å². The molecule has 1 amide bonds. The summed E-state index contributed by atoms with van der Waals surface area (Å²) in [5, 5.41) is 12.0. The zero-order valence-electron chi connectivity index (χ0n) is 6.52. The van der Waals surface area contributed by atoms with Gasteiger partial charge in [-0.15, -0.1) is 0 Å². The van der Waals surface area contributed by atoms with E-state index in [4.69, 9.17) is 0 Å². The molecule has 0 heterocycles. The van der Waals surface area contributed by atoms with E-state index in [1.165, 1.54) is 0 Å². The molecule has 0 fully saturated rings. The van der Waals surface area contributed by atoms with Gasteiger partial charge in [0.05, 0.1) is 0 Å². The highest BCUT2D eigenvalue weighted by Crippen LogP contribution is 2.01. The van der Waals surface area contributed by atoms with Crippen LogP contribution in [0.1, 0.15) is 26.7 Å². The van der Waals surface area contributed by atoms with Crippen molar-refractivity contribution in [3.63, 3.8) is 0 Å². The Morgan fingerprint density at radius 2 is 2.10 bits per heavy atom. The molecule has 59 valence electrons. The zero-order valence-corrected chi connectivity index (χ0v) is 6.52. The van der Waals surface area contributed by atoms with Gasteiger partial charge in [-0.2, -0.15) is 0 Å². The third-order valence-electron chi connectivity index (χ3n) is 1.23. The van der Waals surface area contributed by atoms with Crippen molar-refractivity contribution in [1.82, 2.24) is 5.32 Å². The van der Waals surface area contributed by atoms with Crippen LogP contribution in [0.4, 0.5) is 4.79 Å². The van der Waals surface area contributed by atoms with Crippen LogP contribution < -0.4 is 5.32 Å². The number of carbonyl (C=O) groups excluding carboxylic acids is 1. The first-order valence-corrected chi connectivity index (χ1v) is 3.57. The second-order valence-corrected chi connectivity index (χ2v) is 2.75. The quantitative estimate of drug-likeness (QED) is 0.598. The summed E-state index contributed by atoms with van der Waals surface area (Å²) >= 11 is 0. The Kier molecular flexibility index (Phi) is 4.72. The first-order valence-electron chi connectivity index (χ1n) is 3.57. The van der Waals surface area contributed by atoms with E-state index >= 15 is 0 Å². The molecule has 0 aliphatic carbocycles. The van der Waals surface area contributed by atoms with Gasteiger partial charge in [0.1, 0.15) is 0 Å². The number of hydrogen-bond acceptors (Lipinski definition) is 1. The van der Waals surface area contributed by atoms with Crippen LogP contribution in [0.2, 0.25) is 0 Å². The van der Waals surface area contributed by atoms with Gasteiger partial charge in [0, 0.05) is 6.54 Å². The number of hydrogen-bond donors (Lipinski definition) is 1. The van der Waals surface area contributed by atoms with Crippen LogP contribution in [0, 0.1) is 5.92 Å². The summed E-state index contributed by atoms with van der Waals surface area (Å²) < 4.78 is 0. The van der Waals surface area contributed by atoms with Gasteiger partial charge in [0.15, 0.2) is 0 Å². The van der Waals surface area contributed by atoms with E-state index in [-0.39, 0.29) is 0 Å². The van der Waals surface area contributed by atoms with E-state index in [9.17, 15) is 9.90 Å². The van der Waals surface area contributed by atoms with Crippen molar-refractivity contribution in [2.24, 2.45) is 5.92 Å². The highest BCUT2D eigenvalue weighted by molar-refractivity contribution is 5.63. The Morgan fingerprint density at radius 3 is 2.50 bits per heavy atom. The summed E-state index contributed by atoms with van der Waals surface area (Å²) in [7, 11) is 0. The molecule has 3 nitrogen and oxygen atoms in total. The first-order chi connectivity index (χ1) is 4.63. The molecule has 1 radical (unpaired) electrons. The van der Waals surface area contributed by atoms with Crippen LogP contribution >= 0.6 is 0 Å². The molecule has 0 aliphatic heterocycles. The largest absolute Gasteiger partial charge is 0.450 e. The lowest BCUT2D eigenvalue weighted by atomic mass is 10.1. The Balaban J connectivity index is 2.98. The van der Waals surface area contributed by atoms with Crippen molar-refractivity contribution < 1.29 is 9.90 Å². The smallest absolute Gasteiger partial charge is 0.318 e. The van der Waals surface area contributed by atoms with Crippen molar-refractivity contribution in [3.05, 3.63) is 0 Å². The van der Waals surface area contributed by atoms with E-state index in [1.54, 1.807) is 0 Å².